The summed E-state index contributed by atoms with van der Waals surface area (Å²) in [5.74, 6) is -0.485. The van der Waals surface area contributed by atoms with Crippen molar-refractivity contribution >= 4 is 17.6 Å². The van der Waals surface area contributed by atoms with E-state index in [2.05, 4.69) is 5.32 Å². The second-order valence-corrected chi connectivity index (χ2v) is 5.25. The highest BCUT2D eigenvalue weighted by Gasteiger charge is 2.23. The summed E-state index contributed by atoms with van der Waals surface area (Å²) >= 11 is 0. The molecular weight excluding hydrogens is 256 g/mol. The van der Waals surface area contributed by atoms with Crippen LogP contribution < -0.4 is 11.1 Å². The predicted molar refractivity (Wildman–Crippen MR) is 78.3 cm³/mol. The summed E-state index contributed by atoms with van der Waals surface area (Å²) in [4.78, 5) is 24.0. The number of carbonyl (C=O) groups is 2. The lowest BCUT2D eigenvalue weighted by Gasteiger charge is -2.19. The van der Waals surface area contributed by atoms with Crippen molar-refractivity contribution in [2.45, 2.75) is 33.2 Å². The Morgan fingerprint density at radius 2 is 2.00 bits per heavy atom. The van der Waals surface area contributed by atoms with E-state index in [0.29, 0.717) is 17.7 Å². The Morgan fingerprint density at radius 1 is 1.35 bits per heavy atom. The maximum atomic E-state index is 12.3. The molecule has 3 N–H and O–H groups in total. The first-order valence-corrected chi connectivity index (χ1v) is 6.60. The minimum atomic E-state index is -0.645. The normalized spacial score (nSPS) is 12.1. The van der Waals surface area contributed by atoms with E-state index in [4.69, 9.17) is 10.5 Å². The number of ether oxygens (including phenoxy) is 1. The minimum absolute atomic E-state index is 0.265. The van der Waals surface area contributed by atoms with Gasteiger partial charge in [-0.2, -0.15) is 0 Å². The molecule has 0 saturated carbocycles. The lowest BCUT2D eigenvalue weighted by Crippen LogP contribution is -2.42. The number of nitrogens with two attached hydrogens (primary N) is 1. The van der Waals surface area contributed by atoms with Crippen LogP contribution in [-0.4, -0.2) is 25.0 Å². The number of esters is 1. The largest absolute Gasteiger partial charge is 0.467 e. The van der Waals surface area contributed by atoms with E-state index in [-0.39, 0.29) is 11.8 Å². The lowest BCUT2D eigenvalue weighted by atomic mass is 10.0. The third-order valence-electron chi connectivity index (χ3n) is 3.00. The van der Waals surface area contributed by atoms with Gasteiger partial charge in [-0.1, -0.05) is 19.9 Å². The maximum Gasteiger partial charge on any atom is 0.328 e. The molecule has 0 aliphatic carbocycles. The molecule has 0 aliphatic rings. The fourth-order valence-electron chi connectivity index (χ4n) is 1.95. The number of hydrogen-bond acceptors (Lipinski definition) is 4. The zero-order valence-electron chi connectivity index (χ0n) is 12.4. The monoisotopic (exact) mass is 278 g/mol. The Labute approximate surface area is 119 Å². The highest BCUT2D eigenvalue weighted by Crippen LogP contribution is 2.14. The van der Waals surface area contributed by atoms with E-state index in [0.717, 1.165) is 5.56 Å². The fourth-order valence-corrected chi connectivity index (χ4v) is 1.95. The van der Waals surface area contributed by atoms with Gasteiger partial charge in [0.2, 0.25) is 0 Å². The third-order valence-corrected chi connectivity index (χ3v) is 3.00. The van der Waals surface area contributed by atoms with Crippen molar-refractivity contribution < 1.29 is 14.3 Å². The molecule has 20 heavy (non-hydrogen) atoms. The van der Waals surface area contributed by atoms with Gasteiger partial charge in [0.05, 0.1) is 7.11 Å². The Morgan fingerprint density at radius 3 is 2.55 bits per heavy atom. The molecule has 1 atom stereocenters. The summed E-state index contributed by atoms with van der Waals surface area (Å²) in [5, 5.41) is 2.71. The number of carbonyl (C=O) groups excluding carboxylic acids is 2. The van der Waals surface area contributed by atoms with Gasteiger partial charge in [0.25, 0.3) is 5.91 Å². The van der Waals surface area contributed by atoms with Crippen LogP contribution in [0.25, 0.3) is 0 Å². The van der Waals surface area contributed by atoms with Crippen molar-refractivity contribution in [1.29, 1.82) is 0 Å². The molecule has 0 heterocycles. The van der Waals surface area contributed by atoms with Crippen LogP contribution in [0.15, 0.2) is 18.2 Å². The second-order valence-electron chi connectivity index (χ2n) is 5.25. The Kier molecular flexibility index (Phi) is 5.55. The number of nitrogens with one attached hydrogen (secondary N) is 1. The van der Waals surface area contributed by atoms with Crippen molar-refractivity contribution in [1.82, 2.24) is 5.32 Å². The number of aryl methyl sites for hydroxylation is 1. The van der Waals surface area contributed by atoms with Gasteiger partial charge in [-0.25, -0.2) is 4.79 Å². The summed E-state index contributed by atoms with van der Waals surface area (Å²) in [6, 6.07) is 4.47. The highest BCUT2D eigenvalue weighted by molar-refractivity contribution is 5.98. The molecule has 1 aromatic rings. The fraction of sp³-hybridized carbons (Fsp3) is 0.467. The number of nitrogen functional groups attached to an aromatic ring is 1. The molecule has 110 valence electrons. The number of rotatable bonds is 5. The van der Waals surface area contributed by atoms with Crippen LogP contribution in [0, 0.1) is 12.8 Å². The molecule has 0 aliphatic heterocycles. The number of amides is 1. The SMILES string of the molecule is COC(=O)C(CC(C)C)NC(=O)c1cc(N)ccc1C. The van der Waals surface area contributed by atoms with Crippen LogP contribution in [-0.2, 0) is 9.53 Å². The predicted octanol–water partition coefficient (Wildman–Crippen LogP) is 1.89. The maximum absolute atomic E-state index is 12.3. The van der Waals surface area contributed by atoms with Gasteiger partial charge in [-0.3, -0.25) is 4.79 Å². The molecule has 0 aromatic heterocycles. The summed E-state index contributed by atoms with van der Waals surface area (Å²) in [7, 11) is 1.31. The van der Waals surface area contributed by atoms with E-state index >= 15 is 0 Å². The second kappa shape index (κ2) is 6.93. The van der Waals surface area contributed by atoms with Gasteiger partial charge in [-0.05, 0) is 37.0 Å². The molecular formula is C15H22N2O3. The number of anilines is 1. The first-order valence-electron chi connectivity index (χ1n) is 6.60. The van der Waals surface area contributed by atoms with E-state index in [1.54, 1.807) is 18.2 Å². The third kappa shape index (κ3) is 4.26. The Bertz CT molecular complexity index is 498. The molecule has 5 nitrogen and oxygen atoms in total. The summed E-state index contributed by atoms with van der Waals surface area (Å²) in [6.45, 7) is 5.78. The Hall–Kier alpha value is -2.04. The quantitative estimate of drug-likeness (QED) is 0.636. The van der Waals surface area contributed by atoms with Crippen LogP contribution in [0.1, 0.15) is 36.2 Å². The van der Waals surface area contributed by atoms with Crippen LogP contribution in [0.4, 0.5) is 5.69 Å². The van der Waals surface area contributed by atoms with Crippen molar-refractivity contribution in [3.05, 3.63) is 29.3 Å². The van der Waals surface area contributed by atoms with E-state index in [9.17, 15) is 9.59 Å². The van der Waals surface area contributed by atoms with Gasteiger partial charge >= 0.3 is 5.97 Å². The van der Waals surface area contributed by atoms with Crippen molar-refractivity contribution in [2.75, 3.05) is 12.8 Å². The summed E-state index contributed by atoms with van der Waals surface area (Å²) in [6.07, 6.45) is 0.528. The van der Waals surface area contributed by atoms with Gasteiger partial charge in [0.15, 0.2) is 0 Å². The Balaban J connectivity index is 2.90. The zero-order chi connectivity index (χ0) is 15.3. The summed E-state index contributed by atoms with van der Waals surface area (Å²) in [5.41, 5.74) is 7.49. The molecule has 0 bridgehead atoms. The standard InChI is InChI=1S/C15H22N2O3/c1-9(2)7-13(15(19)20-4)17-14(18)12-8-11(16)6-5-10(12)3/h5-6,8-9,13H,7,16H2,1-4H3,(H,17,18). The molecule has 0 saturated heterocycles. The highest BCUT2D eigenvalue weighted by atomic mass is 16.5. The molecule has 0 fully saturated rings. The molecule has 1 aromatic carbocycles. The molecule has 1 amide bonds. The molecule has 0 spiro atoms. The lowest BCUT2D eigenvalue weighted by molar-refractivity contribution is -0.143. The topological polar surface area (TPSA) is 81.4 Å². The first-order chi connectivity index (χ1) is 9.35. The molecule has 1 unspecified atom stereocenters. The number of methoxy groups -OCH3 is 1. The molecule has 1 rings (SSSR count). The van der Waals surface area contributed by atoms with E-state index in [1.165, 1.54) is 7.11 Å². The van der Waals surface area contributed by atoms with Crippen LogP contribution >= 0.6 is 0 Å². The van der Waals surface area contributed by atoms with Gasteiger partial charge < -0.3 is 15.8 Å². The zero-order valence-corrected chi connectivity index (χ0v) is 12.4. The average Bonchev–Trinajstić information content (AvgIpc) is 2.39. The van der Waals surface area contributed by atoms with Crippen molar-refractivity contribution in [2.24, 2.45) is 5.92 Å². The van der Waals surface area contributed by atoms with Gasteiger partial charge in [-0.15, -0.1) is 0 Å². The van der Waals surface area contributed by atoms with E-state index in [1.807, 2.05) is 20.8 Å². The number of benzene rings is 1. The average molecular weight is 278 g/mol. The van der Waals surface area contributed by atoms with Crippen molar-refractivity contribution in [3.8, 4) is 0 Å². The summed E-state index contributed by atoms with van der Waals surface area (Å²) < 4.78 is 4.73. The molecule has 5 heteroatoms. The van der Waals surface area contributed by atoms with E-state index < -0.39 is 12.0 Å². The first kappa shape index (κ1) is 16.0. The number of hydrogen-bond donors (Lipinski definition) is 2. The van der Waals surface area contributed by atoms with Crippen LogP contribution in [0.5, 0.6) is 0 Å². The minimum Gasteiger partial charge on any atom is -0.467 e. The van der Waals surface area contributed by atoms with Crippen molar-refractivity contribution in [3.63, 3.8) is 0 Å². The van der Waals surface area contributed by atoms with Gasteiger partial charge in [0.1, 0.15) is 6.04 Å². The smallest absolute Gasteiger partial charge is 0.328 e. The van der Waals surface area contributed by atoms with Crippen LogP contribution in [0.3, 0.4) is 0 Å². The molecule has 0 radical (unpaired) electrons. The van der Waals surface area contributed by atoms with Gasteiger partial charge in [0, 0.05) is 11.3 Å². The van der Waals surface area contributed by atoms with Crippen LogP contribution in [0.2, 0.25) is 0 Å².